The first kappa shape index (κ1) is 15.8. The first-order valence-corrected chi connectivity index (χ1v) is 7.04. The Morgan fingerprint density at radius 3 is 2.86 bits per heavy atom. The van der Waals surface area contributed by atoms with Gasteiger partial charge in [0, 0.05) is 22.6 Å². The second-order valence-corrected chi connectivity index (χ2v) is 5.36. The fraction of sp³-hybridized carbons (Fsp3) is 0.308. The molecule has 1 aromatic carbocycles. The number of aromatic carboxylic acids is 1. The van der Waals surface area contributed by atoms with Crippen LogP contribution >= 0.6 is 23.2 Å². The maximum Gasteiger partial charge on any atom is 0.358 e. The third kappa shape index (κ3) is 4.17. The van der Waals surface area contributed by atoms with Crippen LogP contribution in [-0.2, 0) is 6.54 Å². The van der Waals surface area contributed by atoms with Crippen molar-refractivity contribution < 1.29 is 9.90 Å². The molecular weight excluding hydrogens is 315 g/mol. The van der Waals surface area contributed by atoms with Gasteiger partial charge in [-0.2, -0.15) is 0 Å². The molecule has 1 heterocycles. The first-order chi connectivity index (χ1) is 9.97. The predicted octanol–water partition coefficient (Wildman–Crippen LogP) is 2.63. The van der Waals surface area contributed by atoms with Crippen LogP contribution < -0.4 is 5.32 Å². The molecule has 0 saturated heterocycles. The molecule has 8 heteroatoms. The summed E-state index contributed by atoms with van der Waals surface area (Å²) in [5.41, 5.74) is 0.884. The van der Waals surface area contributed by atoms with Gasteiger partial charge in [0.25, 0.3) is 0 Å². The lowest BCUT2D eigenvalue weighted by atomic mass is 10.1. The van der Waals surface area contributed by atoms with Gasteiger partial charge >= 0.3 is 5.97 Å². The Hall–Kier alpha value is -1.63. The van der Waals surface area contributed by atoms with E-state index in [4.69, 9.17) is 28.3 Å². The maximum atomic E-state index is 10.7. The molecule has 2 aromatic rings. The summed E-state index contributed by atoms with van der Waals surface area (Å²) in [7, 11) is 0. The summed E-state index contributed by atoms with van der Waals surface area (Å²) in [6.45, 7) is 3.09. The van der Waals surface area contributed by atoms with Crippen molar-refractivity contribution in [3.8, 4) is 0 Å². The van der Waals surface area contributed by atoms with E-state index in [9.17, 15) is 4.79 Å². The van der Waals surface area contributed by atoms with Crippen LogP contribution in [0.1, 0.15) is 29.0 Å². The predicted molar refractivity (Wildman–Crippen MR) is 79.9 cm³/mol. The summed E-state index contributed by atoms with van der Waals surface area (Å²) in [4.78, 5) is 10.7. The van der Waals surface area contributed by atoms with E-state index in [-0.39, 0.29) is 11.7 Å². The number of hydrogen-bond acceptors (Lipinski definition) is 4. The molecule has 2 N–H and O–H groups in total. The minimum Gasteiger partial charge on any atom is -0.476 e. The van der Waals surface area contributed by atoms with Gasteiger partial charge in [0.05, 0.1) is 12.7 Å². The van der Waals surface area contributed by atoms with Crippen molar-refractivity contribution in [3.63, 3.8) is 0 Å². The third-order valence-corrected chi connectivity index (χ3v) is 3.54. The van der Waals surface area contributed by atoms with Crippen LogP contribution in [0.15, 0.2) is 24.4 Å². The van der Waals surface area contributed by atoms with E-state index in [1.165, 1.54) is 10.9 Å². The number of hydrogen-bond donors (Lipinski definition) is 2. The van der Waals surface area contributed by atoms with E-state index in [0.29, 0.717) is 23.1 Å². The van der Waals surface area contributed by atoms with Gasteiger partial charge in [0.15, 0.2) is 5.69 Å². The number of nitrogens with one attached hydrogen (secondary N) is 1. The minimum atomic E-state index is -1.09. The van der Waals surface area contributed by atoms with Crippen LogP contribution in [0, 0.1) is 0 Å². The molecule has 0 bridgehead atoms. The smallest absolute Gasteiger partial charge is 0.358 e. The van der Waals surface area contributed by atoms with Gasteiger partial charge in [0.2, 0.25) is 0 Å². The highest BCUT2D eigenvalue weighted by Gasteiger charge is 2.11. The van der Waals surface area contributed by atoms with E-state index < -0.39 is 5.97 Å². The zero-order valence-corrected chi connectivity index (χ0v) is 12.8. The number of carbonyl (C=O) groups is 1. The molecular formula is C13H14Cl2N4O2. The summed E-state index contributed by atoms with van der Waals surface area (Å²) < 4.78 is 1.48. The number of benzene rings is 1. The van der Waals surface area contributed by atoms with Crippen LogP contribution in [-0.4, -0.2) is 32.6 Å². The van der Waals surface area contributed by atoms with Crippen molar-refractivity contribution in [1.29, 1.82) is 0 Å². The van der Waals surface area contributed by atoms with Crippen molar-refractivity contribution >= 4 is 29.2 Å². The molecule has 0 aliphatic carbocycles. The average Bonchev–Trinajstić information content (AvgIpc) is 2.87. The molecule has 0 spiro atoms. The largest absolute Gasteiger partial charge is 0.476 e. The number of halogens is 2. The van der Waals surface area contributed by atoms with Crippen molar-refractivity contribution in [2.45, 2.75) is 19.5 Å². The van der Waals surface area contributed by atoms with Crippen LogP contribution in [0.25, 0.3) is 0 Å². The zero-order chi connectivity index (χ0) is 15.4. The number of carboxylic acid groups (broad SMARTS) is 1. The molecule has 0 aliphatic rings. The van der Waals surface area contributed by atoms with Crippen LogP contribution in [0.3, 0.4) is 0 Å². The highest BCUT2D eigenvalue weighted by molar-refractivity contribution is 6.35. The lowest BCUT2D eigenvalue weighted by Gasteiger charge is -2.15. The normalized spacial score (nSPS) is 12.3. The lowest BCUT2D eigenvalue weighted by Crippen LogP contribution is -2.23. The average molecular weight is 329 g/mol. The molecule has 6 nitrogen and oxygen atoms in total. The van der Waals surface area contributed by atoms with Crippen molar-refractivity contribution in [2.75, 3.05) is 6.54 Å². The fourth-order valence-corrected chi connectivity index (χ4v) is 2.44. The lowest BCUT2D eigenvalue weighted by molar-refractivity contribution is 0.0690. The summed E-state index contributed by atoms with van der Waals surface area (Å²) in [5, 5.41) is 20.5. The van der Waals surface area contributed by atoms with Crippen molar-refractivity contribution in [3.05, 3.63) is 45.7 Å². The van der Waals surface area contributed by atoms with Gasteiger partial charge < -0.3 is 10.4 Å². The van der Waals surface area contributed by atoms with Crippen molar-refractivity contribution in [1.82, 2.24) is 20.3 Å². The molecule has 0 radical (unpaired) electrons. The van der Waals surface area contributed by atoms with E-state index in [1.807, 2.05) is 13.0 Å². The molecule has 0 fully saturated rings. The molecule has 1 atom stereocenters. The maximum absolute atomic E-state index is 10.7. The quantitative estimate of drug-likeness (QED) is 0.852. The highest BCUT2D eigenvalue weighted by atomic mass is 35.5. The Morgan fingerprint density at radius 1 is 1.48 bits per heavy atom. The summed E-state index contributed by atoms with van der Waals surface area (Å²) >= 11 is 12.0. The van der Waals surface area contributed by atoms with Crippen LogP contribution in [0.2, 0.25) is 10.0 Å². The van der Waals surface area contributed by atoms with Gasteiger partial charge in [-0.25, -0.2) is 4.79 Å². The molecule has 0 saturated carbocycles. The number of nitrogens with zero attached hydrogens (tertiary/aromatic N) is 3. The highest BCUT2D eigenvalue weighted by Crippen LogP contribution is 2.25. The molecule has 1 unspecified atom stereocenters. The molecule has 21 heavy (non-hydrogen) atoms. The number of carboxylic acids is 1. The first-order valence-electron chi connectivity index (χ1n) is 6.29. The number of rotatable bonds is 6. The molecule has 0 amide bonds. The van der Waals surface area contributed by atoms with Gasteiger partial charge in [-0.3, -0.25) is 4.68 Å². The SMILES string of the molecule is CC(NCCn1cc(C(=O)O)nn1)c1ccc(Cl)cc1Cl. The second-order valence-electron chi connectivity index (χ2n) is 4.51. The number of aromatic nitrogens is 3. The molecule has 1 aromatic heterocycles. The Balaban J connectivity index is 1.88. The third-order valence-electron chi connectivity index (χ3n) is 2.98. The second kappa shape index (κ2) is 6.89. The molecule has 2 rings (SSSR count). The van der Waals surface area contributed by atoms with Crippen LogP contribution in [0.5, 0.6) is 0 Å². The fourth-order valence-electron chi connectivity index (χ4n) is 1.86. The summed E-state index contributed by atoms with van der Waals surface area (Å²) in [6.07, 6.45) is 1.39. The zero-order valence-electron chi connectivity index (χ0n) is 11.3. The standard InChI is InChI=1S/C13H14Cl2N4O2/c1-8(10-3-2-9(14)6-11(10)15)16-4-5-19-7-12(13(20)21)17-18-19/h2-3,6-8,16H,4-5H2,1H3,(H,20,21). The van der Waals surface area contributed by atoms with E-state index >= 15 is 0 Å². The van der Waals surface area contributed by atoms with E-state index in [2.05, 4.69) is 15.6 Å². The Labute approximate surface area is 131 Å². The molecule has 0 aliphatic heterocycles. The Kier molecular flexibility index (Phi) is 5.17. The monoisotopic (exact) mass is 328 g/mol. The van der Waals surface area contributed by atoms with Gasteiger partial charge in [-0.1, -0.05) is 34.5 Å². The van der Waals surface area contributed by atoms with Crippen molar-refractivity contribution in [2.24, 2.45) is 0 Å². The Morgan fingerprint density at radius 2 is 2.24 bits per heavy atom. The Bertz CT molecular complexity index is 645. The summed E-state index contributed by atoms with van der Waals surface area (Å²) in [6, 6.07) is 5.41. The van der Waals surface area contributed by atoms with E-state index in [0.717, 1.165) is 5.56 Å². The van der Waals surface area contributed by atoms with Gasteiger partial charge in [-0.05, 0) is 24.6 Å². The van der Waals surface area contributed by atoms with Gasteiger partial charge in [0.1, 0.15) is 0 Å². The minimum absolute atomic E-state index is 0.0391. The van der Waals surface area contributed by atoms with E-state index in [1.54, 1.807) is 12.1 Å². The topological polar surface area (TPSA) is 80.0 Å². The molecule has 112 valence electrons. The van der Waals surface area contributed by atoms with Gasteiger partial charge in [-0.15, -0.1) is 5.10 Å². The summed E-state index contributed by atoms with van der Waals surface area (Å²) in [5.74, 6) is -1.09. The van der Waals surface area contributed by atoms with Crippen LogP contribution in [0.4, 0.5) is 0 Å².